The van der Waals surface area contributed by atoms with E-state index >= 15 is 0 Å². The first-order chi connectivity index (χ1) is 24.9. The van der Waals surface area contributed by atoms with Crippen molar-refractivity contribution in [2.75, 3.05) is 12.4 Å². The number of aromatic nitrogens is 5. The molecule has 4 aliphatic rings. The number of anilines is 1. The average Bonchev–Trinajstić information content (AvgIpc) is 3.67. The molecule has 0 saturated heterocycles. The van der Waals surface area contributed by atoms with Gasteiger partial charge in [-0.15, -0.1) is 0 Å². The second-order valence-electron chi connectivity index (χ2n) is 16.3. The number of methoxy groups -OCH3 is 1. The summed E-state index contributed by atoms with van der Waals surface area (Å²) in [6.07, 6.45) is 10.3. The van der Waals surface area contributed by atoms with Crippen LogP contribution in [0.15, 0.2) is 73.1 Å². The molecule has 0 aliphatic heterocycles. The standard InChI is InChI=1S/C41H40N6O4S/c1-24-30(16-43-47(24)23-40-18-38(2)17-39(3,19-40)21-41(20-38,22-40)51-4)27-12-13-31(44-33(27)36(49)50)26-11-10-25-7-5-8-28(29(25)15-26)35(48)46-37-45-34-32(52-37)9-6-14-42-34/h5-16H,17-23H2,1-4H3,(H,49,50)(H,42,45,46,48). The molecule has 0 spiro atoms. The Morgan fingerprint density at radius 3 is 2.50 bits per heavy atom. The van der Waals surface area contributed by atoms with Crippen LogP contribution in [0.5, 0.6) is 0 Å². The predicted molar refractivity (Wildman–Crippen MR) is 202 cm³/mol. The number of hydrogen-bond donors (Lipinski definition) is 2. The molecular weight excluding hydrogens is 673 g/mol. The molecular formula is C41H40N6O4S. The first kappa shape index (κ1) is 32.9. The first-order valence-electron chi connectivity index (χ1n) is 17.8. The van der Waals surface area contributed by atoms with Gasteiger partial charge in [0.15, 0.2) is 16.5 Å². The SMILES string of the molecule is COC12CC3(C)CC(C)(CC(Cn4ncc(-c5ccc(-c6ccc7cccc(C(=O)Nc8nc9ncccc9s8)c7c6)nc5C(=O)O)c4C)(C3)C1)C2. The first-order valence-corrected chi connectivity index (χ1v) is 18.6. The molecule has 11 heteroatoms. The molecule has 4 bridgehead atoms. The van der Waals surface area contributed by atoms with Gasteiger partial charge >= 0.3 is 5.97 Å². The van der Waals surface area contributed by atoms with E-state index in [0.29, 0.717) is 33.2 Å². The molecule has 0 radical (unpaired) electrons. The fourth-order valence-corrected chi connectivity index (χ4v) is 11.8. The van der Waals surface area contributed by atoms with E-state index in [1.54, 1.807) is 18.5 Å². The van der Waals surface area contributed by atoms with E-state index in [2.05, 4.69) is 33.8 Å². The number of rotatable bonds is 8. The lowest BCUT2D eigenvalue weighted by atomic mass is 9.39. The molecule has 1 amide bonds. The summed E-state index contributed by atoms with van der Waals surface area (Å²) in [6.45, 7) is 7.68. The van der Waals surface area contributed by atoms with Crippen LogP contribution in [0.3, 0.4) is 0 Å². The van der Waals surface area contributed by atoms with E-state index < -0.39 is 5.97 Å². The highest BCUT2D eigenvalue weighted by Crippen LogP contribution is 2.72. The number of nitrogens with zero attached hydrogens (tertiary/aromatic N) is 5. The molecule has 52 heavy (non-hydrogen) atoms. The van der Waals surface area contributed by atoms with Gasteiger partial charge < -0.3 is 9.84 Å². The van der Waals surface area contributed by atoms with Crippen molar-refractivity contribution in [3.8, 4) is 22.4 Å². The van der Waals surface area contributed by atoms with Crippen molar-refractivity contribution in [2.24, 2.45) is 16.2 Å². The summed E-state index contributed by atoms with van der Waals surface area (Å²) in [5.41, 5.74) is 4.95. The van der Waals surface area contributed by atoms with Crippen molar-refractivity contribution in [2.45, 2.75) is 71.4 Å². The summed E-state index contributed by atoms with van der Waals surface area (Å²) < 4.78 is 9.25. The minimum Gasteiger partial charge on any atom is -0.476 e. The third-order valence-corrected chi connectivity index (χ3v) is 12.8. The summed E-state index contributed by atoms with van der Waals surface area (Å²) in [6, 6.07) is 18.7. The molecule has 4 heterocycles. The van der Waals surface area contributed by atoms with Crippen molar-refractivity contribution in [1.29, 1.82) is 0 Å². The van der Waals surface area contributed by atoms with Gasteiger partial charge in [0.05, 0.1) is 22.2 Å². The maximum Gasteiger partial charge on any atom is 0.355 e. The lowest BCUT2D eigenvalue weighted by Gasteiger charge is -2.69. The van der Waals surface area contributed by atoms with E-state index in [4.69, 9.17) is 14.8 Å². The molecule has 4 saturated carbocycles. The Morgan fingerprint density at radius 1 is 0.942 bits per heavy atom. The fourth-order valence-electron chi connectivity index (χ4n) is 11.0. The van der Waals surface area contributed by atoms with E-state index in [9.17, 15) is 14.7 Å². The summed E-state index contributed by atoms with van der Waals surface area (Å²) in [5, 5.41) is 20.3. The largest absolute Gasteiger partial charge is 0.476 e. The van der Waals surface area contributed by atoms with Gasteiger partial charge in [-0.3, -0.25) is 14.8 Å². The van der Waals surface area contributed by atoms with Gasteiger partial charge in [0, 0.05) is 47.8 Å². The predicted octanol–water partition coefficient (Wildman–Crippen LogP) is 8.79. The summed E-state index contributed by atoms with van der Waals surface area (Å²) in [4.78, 5) is 39.7. The van der Waals surface area contributed by atoms with Gasteiger partial charge in [-0.1, -0.05) is 49.4 Å². The number of benzene rings is 2. The second-order valence-corrected chi connectivity index (χ2v) is 17.3. The number of thiazole rings is 1. The molecule has 4 aromatic heterocycles. The Labute approximate surface area is 305 Å². The number of amides is 1. The van der Waals surface area contributed by atoms with Crippen LogP contribution in [-0.2, 0) is 11.3 Å². The van der Waals surface area contributed by atoms with Gasteiger partial charge in [0.25, 0.3) is 5.91 Å². The number of carboxylic acid groups (broad SMARTS) is 1. The zero-order valence-corrected chi connectivity index (χ0v) is 30.5. The number of nitrogens with one attached hydrogen (secondary N) is 1. The molecule has 264 valence electrons. The highest BCUT2D eigenvalue weighted by Gasteiger charge is 2.66. The van der Waals surface area contributed by atoms with Crippen molar-refractivity contribution >= 4 is 49.5 Å². The minimum atomic E-state index is -1.11. The maximum atomic E-state index is 13.5. The Kier molecular flexibility index (Phi) is 7.27. The highest BCUT2D eigenvalue weighted by molar-refractivity contribution is 7.22. The van der Waals surface area contributed by atoms with Crippen LogP contribution in [-0.4, -0.2) is 54.4 Å². The molecule has 6 aromatic rings. The lowest BCUT2D eigenvalue weighted by molar-refractivity contribution is -0.239. The Hall–Kier alpha value is -5.00. The summed E-state index contributed by atoms with van der Waals surface area (Å²) in [5.74, 6) is -1.41. The number of hydrogen-bond acceptors (Lipinski definition) is 8. The van der Waals surface area contributed by atoms with Gasteiger partial charge in [-0.2, -0.15) is 10.1 Å². The van der Waals surface area contributed by atoms with E-state index in [1.165, 1.54) is 17.8 Å². The topological polar surface area (TPSA) is 132 Å². The average molecular weight is 713 g/mol. The quantitative estimate of drug-likeness (QED) is 0.160. The lowest BCUT2D eigenvalue weighted by Crippen LogP contribution is -2.64. The number of pyridine rings is 2. The van der Waals surface area contributed by atoms with Gasteiger partial charge in [-0.05, 0) is 109 Å². The number of ether oxygens (including phenoxy) is 1. The van der Waals surface area contributed by atoms with Crippen LogP contribution >= 0.6 is 11.3 Å². The van der Waals surface area contributed by atoms with Crippen LogP contribution in [0.25, 0.3) is 43.5 Å². The number of aromatic carboxylic acids is 1. The van der Waals surface area contributed by atoms with Crippen molar-refractivity contribution in [3.63, 3.8) is 0 Å². The van der Waals surface area contributed by atoms with E-state index in [-0.39, 0.29) is 33.4 Å². The number of carbonyl (C=O) groups is 2. The van der Waals surface area contributed by atoms with Crippen LogP contribution in [0, 0.1) is 23.2 Å². The van der Waals surface area contributed by atoms with Gasteiger partial charge in [-0.25, -0.2) is 14.8 Å². The van der Waals surface area contributed by atoms with Crippen LogP contribution < -0.4 is 5.32 Å². The molecule has 4 aliphatic carbocycles. The summed E-state index contributed by atoms with van der Waals surface area (Å²) >= 11 is 1.36. The summed E-state index contributed by atoms with van der Waals surface area (Å²) in [7, 11) is 1.88. The van der Waals surface area contributed by atoms with Crippen LogP contribution in [0.4, 0.5) is 5.13 Å². The minimum absolute atomic E-state index is 0.0381. The van der Waals surface area contributed by atoms with Crippen LogP contribution in [0.2, 0.25) is 0 Å². The number of carboxylic acids is 1. The van der Waals surface area contributed by atoms with Gasteiger partial charge in [0.1, 0.15) is 0 Å². The number of carbonyl (C=O) groups excluding carboxylic acids is 1. The second kappa shape index (κ2) is 11.5. The van der Waals surface area contributed by atoms with Crippen LogP contribution in [0.1, 0.15) is 78.9 Å². The van der Waals surface area contributed by atoms with Crippen molar-refractivity contribution in [1.82, 2.24) is 24.7 Å². The third-order valence-electron chi connectivity index (χ3n) is 11.9. The van der Waals surface area contributed by atoms with E-state index in [0.717, 1.165) is 65.4 Å². The van der Waals surface area contributed by atoms with Crippen molar-refractivity contribution in [3.05, 3.63) is 90.0 Å². The Morgan fingerprint density at radius 2 is 1.75 bits per heavy atom. The molecule has 10 rings (SSSR count). The molecule has 10 nitrogen and oxygen atoms in total. The molecule has 2 atom stereocenters. The highest BCUT2D eigenvalue weighted by atomic mass is 32.1. The zero-order chi connectivity index (χ0) is 36.0. The van der Waals surface area contributed by atoms with Gasteiger partial charge in [0.2, 0.25) is 0 Å². The Balaban J connectivity index is 1.02. The molecule has 2 N–H and O–H groups in total. The van der Waals surface area contributed by atoms with E-state index in [1.807, 2.05) is 68.6 Å². The molecule has 4 fully saturated rings. The van der Waals surface area contributed by atoms with Crippen molar-refractivity contribution < 1.29 is 19.4 Å². The number of fused-ring (bicyclic) bond motifs is 2. The zero-order valence-electron chi connectivity index (χ0n) is 29.7. The Bertz CT molecular complexity index is 2400. The maximum absolute atomic E-state index is 13.5. The third kappa shape index (κ3) is 5.40. The fraction of sp³-hybridized carbons (Fsp3) is 0.366. The normalized spacial score (nSPS) is 26.3. The molecule has 2 aromatic carbocycles. The molecule has 2 unspecified atom stereocenters. The smallest absolute Gasteiger partial charge is 0.355 e. The monoisotopic (exact) mass is 712 g/mol.